The molecule has 0 aromatic heterocycles. The van der Waals surface area contributed by atoms with Gasteiger partial charge in [-0.25, -0.2) is 4.79 Å². The Kier molecular flexibility index (Phi) is 7.37. The fourth-order valence-electron chi connectivity index (χ4n) is 2.29. The van der Waals surface area contributed by atoms with Crippen molar-refractivity contribution >= 4 is 11.9 Å². The molecule has 3 amide bonds. The molecule has 0 fully saturated rings. The SMILES string of the molecule is COc1ccc(CNC(=O)NC(=O)COc2cc(C(F)(F)F)cc(C(F)(F)F)c2)cc1. The summed E-state index contributed by atoms with van der Waals surface area (Å²) in [6.45, 7) is -0.929. The first kappa shape index (κ1) is 23.8. The van der Waals surface area contributed by atoms with Crippen LogP contribution in [0.15, 0.2) is 42.5 Å². The van der Waals surface area contributed by atoms with E-state index in [4.69, 9.17) is 9.47 Å². The van der Waals surface area contributed by atoms with E-state index in [1.807, 2.05) is 5.32 Å². The lowest BCUT2D eigenvalue weighted by Gasteiger charge is -2.14. The quantitative estimate of drug-likeness (QED) is 0.649. The van der Waals surface area contributed by atoms with E-state index in [9.17, 15) is 35.9 Å². The summed E-state index contributed by atoms with van der Waals surface area (Å²) in [5.41, 5.74) is -2.49. The maximum atomic E-state index is 12.8. The summed E-state index contributed by atoms with van der Waals surface area (Å²) in [5, 5.41) is 4.21. The minimum Gasteiger partial charge on any atom is -0.497 e. The van der Waals surface area contributed by atoms with Gasteiger partial charge in [0, 0.05) is 6.54 Å². The van der Waals surface area contributed by atoms with Crippen LogP contribution in [-0.4, -0.2) is 25.7 Å². The van der Waals surface area contributed by atoms with Crippen LogP contribution < -0.4 is 20.1 Å². The Hall–Kier alpha value is -3.44. The highest BCUT2D eigenvalue weighted by molar-refractivity contribution is 5.94. The first-order valence-electron chi connectivity index (χ1n) is 8.51. The zero-order chi connectivity index (χ0) is 23.2. The molecule has 6 nitrogen and oxygen atoms in total. The van der Waals surface area contributed by atoms with Crippen molar-refractivity contribution in [2.45, 2.75) is 18.9 Å². The number of imide groups is 1. The minimum atomic E-state index is -5.05. The van der Waals surface area contributed by atoms with Crippen molar-refractivity contribution < 1.29 is 45.4 Å². The molecule has 0 radical (unpaired) electrons. The zero-order valence-electron chi connectivity index (χ0n) is 15.9. The molecule has 0 aliphatic carbocycles. The Balaban J connectivity index is 1.93. The van der Waals surface area contributed by atoms with Crippen LogP contribution in [0.25, 0.3) is 0 Å². The van der Waals surface area contributed by atoms with Gasteiger partial charge >= 0.3 is 18.4 Å². The van der Waals surface area contributed by atoms with Gasteiger partial charge in [0.05, 0.1) is 18.2 Å². The normalized spacial score (nSPS) is 11.6. The molecule has 2 aromatic carbocycles. The van der Waals surface area contributed by atoms with Gasteiger partial charge in [0.2, 0.25) is 0 Å². The molecule has 0 spiro atoms. The number of ether oxygens (including phenoxy) is 2. The number of carbonyl (C=O) groups excluding carboxylic acids is 2. The Morgan fingerprint density at radius 1 is 0.871 bits per heavy atom. The van der Waals surface area contributed by atoms with E-state index in [2.05, 4.69) is 5.32 Å². The summed E-state index contributed by atoms with van der Waals surface area (Å²) in [7, 11) is 1.48. The van der Waals surface area contributed by atoms with Gasteiger partial charge in [-0.05, 0) is 35.9 Å². The average molecular weight is 450 g/mol. The number of carbonyl (C=O) groups is 2. The summed E-state index contributed by atoms with van der Waals surface area (Å²) in [5.74, 6) is -1.29. The van der Waals surface area contributed by atoms with E-state index in [-0.39, 0.29) is 12.6 Å². The zero-order valence-corrected chi connectivity index (χ0v) is 15.9. The fourth-order valence-corrected chi connectivity index (χ4v) is 2.29. The molecule has 0 aliphatic heterocycles. The van der Waals surface area contributed by atoms with E-state index >= 15 is 0 Å². The van der Waals surface area contributed by atoms with Gasteiger partial charge in [0.1, 0.15) is 11.5 Å². The van der Waals surface area contributed by atoms with E-state index < -0.39 is 47.8 Å². The lowest BCUT2D eigenvalue weighted by molar-refractivity contribution is -0.143. The molecule has 0 saturated heterocycles. The molecular weight excluding hydrogens is 434 g/mol. The number of alkyl halides is 6. The van der Waals surface area contributed by atoms with Crippen LogP contribution in [-0.2, 0) is 23.7 Å². The van der Waals surface area contributed by atoms with Crippen LogP contribution in [0.5, 0.6) is 11.5 Å². The molecule has 0 saturated carbocycles. The highest BCUT2D eigenvalue weighted by Gasteiger charge is 2.37. The van der Waals surface area contributed by atoms with Crippen LogP contribution in [0, 0.1) is 0 Å². The van der Waals surface area contributed by atoms with Gasteiger partial charge in [-0.3, -0.25) is 10.1 Å². The Morgan fingerprint density at radius 3 is 1.90 bits per heavy atom. The van der Waals surface area contributed by atoms with Crippen molar-refractivity contribution in [3.05, 3.63) is 59.2 Å². The molecule has 168 valence electrons. The second-order valence-electron chi connectivity index (χ2n) is 6.11. The van der Waals surface area contributed by atoms with Crippen molar-refractivity contribution in [1.82, 2.24) is 10.6 Å². The molecule has 0 atom stereocenters. The smallest absolute Gasteiger partial charge is 0.416 e. The summed E-state index contributed by atoms with van der Waals surface area (Å²) in [6, 6.07) is 6.28. The first-order valence-corrected chi connectivity index (χ1v) is 8.51. The summed E-state index contributed by atoms with van der Waals surface area (Å²) in [4.78, 5) is 23.4. The first-order chi connectivity index (χ1) is 14.4. The van der Waals surface area contributed by atoms with Gasteiger partial charge in [-0.15, -0.1) is 0 Å². The monoisotopic (exact) mass is 450 g/mol. The van der Waals surface area contributed by atoms with Crippen LogP contribution in [0.2, 0.25) is 0 Å². The van der Waals surface area contributed by atoms with E-state index in [0.717, 1.165) is 0 Å². The van der Waals surface area contributed by atoms with Crippen molar-refractivity contribution in [2.24, 2.45) is 0 Å². The molecule has 12 heteroatoms. The number of methoxy groups -OCH3 is 1. The number of nitrogens with one attached hydrogen (secondary N) is 2. The van der Waals surface area contributed by atoms with Gasteiger partial charge in [-0.1, -0.05) is 12.1 Å². The summed E-state index contributed by atoms with van der Waals surface area (Å²) in [6.07, 6.45) is -10.1. The van der Waals surface area contributed by atoms with E-state index in [1.165, 1.54) is 7.11 Å². The minimum absolute atomic E-state index is 0.0482. The second kappa shape index (κ2) is 9.58. The fraction of sp³-hybridized carbons (Fsp3) is 0.263. The number of urea groups is 1. The molecule has 0 bridgehead atoms. The Morgan fingerprint density at radius 2 is 1.42 bits per heavy atom. The molecule has 2 aromatic rings. The number of hydrogen-bond acceptors (Lipinski definition) is 4. The second-order valence-corrected chi connectivity index (χ2v) is 6.11. The Bertz CT molecular complexity index is 894. The highest BCUT2D eigenvalue weighted by atomic mass is 19.4. The molecule has 0 unspecified atom stereocenters. The molecule has 2 N–H and O–H groups in total. The maximum Gasteiger partial charge on any atom is 0.416 e. The standard InChI is InChI=1S/C19H16F6N2O4/c1-30-14-4-2-11(3-5-14)9-26-17(29)27-16(28)10-31-15-7-12(18(20,21)22)6-13(8-15)19(23,24)25/h2-8H,9-10H2,1H3,(H2,26,27,28,29). The number of halogens is 6. The van der Waals surface area contributed by atoms with Gasteiger partial charge in [0.25, 0.3) is 5.91 Å². The van der Waals surface area contributed by atoms with Gasteiger partial charge in [0.15, 0.2) is 6.61 Å². The van der Waals surface area contributed by atoms with Crippen molar-refractivity contribution in [1.29, 1.82) is 0 Å². The maximum absolute atomic E-state index is 12.8. The summed E-state index contributed by atoms with van der Waals surface area (Å²) < 4.78 is 86.6. The van der Waals surface area contributed by atoms with Crippen molar-refractivity contribution in [3.63, 3.8) is 0 Å². The van der Waals surface area contributed by atoms with E-state index in [1.54, 1.807) is 24.3 Å². The summed E-state index contributed by atoms with van der Waals surface area (Å²) >= 11 is 0. The van der Waals surface area contributed by atoms with Crippen molar-refractivity contribution in [2.75, 3.05) is 13.7 Å². The van der Waals surface area contributed by atoms with Crippen LogP contribution in [0.1, 0.15) is 16.7 Å². The predicted molar refractivity (Wildman–Crippen MR) is 95.3 cm³/mol. The third-order valence-corrected chi connectivity index (χ3v) is 3.80. The Labute approximate surface area is 172 Å². The topological polar surface area (TPSA) is 76.7 Å². The van der Waals surface area contributed by atoms with Crippen molar-refractivity contribution in [3.8, 4) is 11.5 Å². The van der Waals surface area contributed by atoms with Crippen LogP contribution >= 0.6 is 0 Å². The van der Waals surface area contributed by atoms with Crippen LogP contribution in [0.3, 0.4) is 0 Å². The predicted octanol–water partition coefficient (Wildman–Crippen LogP) is 4.14. The number of hydrogen-bond donors (Lipinski definition) is 2. The molecule has 0 heterocycles. The number of rotatable bonds is 6. The van der Waals surface area contributed by atoms with E-state index in [0.29, 0.717) is 23.4 Å². The molecule has 2 rings (SSSR count). The van der Waals surface area contributed by atoms with Gasteiger partial charge in [-0.2, -0.15) is 26.3 Å². The largest absolute Gasteiger partial charge is 0.497 e. The third kappa shape index (κ3) is 7.39. The van der Waals surface area contributed by atoms with Crippen LogP contribution in [0.4, 0.5) is 31.1 Å². The van der Waals surface area contributed by atoms with Gasteiger partial charge < -0.3 is 14.8 Å². The lowest BCUT2D eigenvalue weighted by Crippen LogP contribution is -2.41. The number of amides is 3. The highest BCUT2D eigenvalue weighted by Crippen LogP contribution is 2.38. The average Bonchev–Trinajstić information content (AvgIpc) is 2.69. The molecular formula is C19H16F6N2O4. The molecule has 0 aliphatic rings. The molecule has 31 heavy (non-hydrogen) atoms. The lowest BCUT2D eigenvalue weighted by atomic mass is 10.1. The third-order valence-electron chi connectivity index (χ3n) is 3.80. The number of benzene rings is 2.